The van der Waals surface area contributed by atoms with Gasteiger partial charge in [-0.25, -0.2) is 0 Å². The molecular weight excluding hydrogens is 889 g/mol. The molecule has 0 saturated carbocycles. The highest BCUT2D eigenvalue weighted by Crippen LogP contribution is 2.47. The molecule has 0 aliphatic heterocycles. The van der Waals surface area contributed by atoms with Crippen LogP contribution in [0.3, 0.4) is 0 Å². The molecule has 0 fully saturated rings. The molecule has 10 rings (SSSR count). The molecule has 0 N–H and O–H groups in total. The molecule has 0 bridgehead atoms. The van der Waals surface area contributed by atoms with E-state index < -0.39 is 24.4 Å². The van der Waals surface area contributed by atoms with Gasteiger partial charge in [0.25, 0.3) is 0 Å². The maximum Gasteiger partial charge on any atom is 0.310 e. The molecule has 8 aromatic rings. The number of ether oxygens (including phenoxy) is 4. The van der Waals surface area contributed by atoms with E-state index in [9.17, 15) is 19.2 Å². The van der Waals surface area contributed by atoms with Gasteiger partial charge in [0.15, 0.2) is 0 Å². The minimum atomic E-state index is -0.490. The lowest BCUT2D eigenvalue weighted by Gasteiger charge is -2.31. The van der Waals surface area contributed by atoms with Crippen molar-refractivity contribution in [1.82, 2.24) is 0 Å². The Labute approximate surface area is 403 Å². The van der Waals surface area contributed by atoms with Crippen LogP contribution in [0.1, 0.15) is 94.6 Å². The van der Waals surface area contributed by atoms with Crippen LogP contribution in [0.5, 0.6) is 0 Å². The van der Waals surface area contributed by atoms with Crippen molar-refractivity contribution < 1.29 is 38.1 Å². The molecule has 2 aromatic heterocycles. The Morgan fingerprint density at radius 2 is 0.632 bits per heavy atom. The van der Waals surface area contributed by atoms with Crippen LogP contribution in [0.4, 0.5) is 0 Å². The van der Waals surface area contributed by atoms with Crippen LogP contribution >= 0.6 is 22.7 Å². The number of carbonyl (C=O) groups is 4. The van der Waals surface area contributed by atoms with Crippen molar-refractivity contribution >= 4 is 56.0 Å². The number of benzene rings is 6. The molecule has 2 heterocycles. The summed E-state index contributed by atoms with van der Waals surface area (Å²) in [4.78, 5) is 55.2. The van der Waals surface area contributed by atoms with Crippen molar-refractivity contribution in [2.24, 2.45) is 0 Å². The van der Waals surface area contributed by atoms with E-state index in [1.54, 1.807) is 22.7 Å². The van der Waals surface area contributed by atoms with E-state index in [0.717, 1.165) is 74.8 Å². The Hall–Kier alpha value is -7.14. The molecular formula is C58H48O8S2. The fourth-order valence-electron chi connectivity index (χ4n) is 9.29. The smallest absolute Gasteiger partial charge is 0.310 e. The highest BCUT2D eigenvalue weighted by atomic mass is 32.1. The molecule has 340 valence electrons. The predicted molar refractivity (Wildman–Crippen MR) is 265 cm³/mol. The molecule has 0 saturated heterocycles. The maximum atomic E-state index is 13.3. The van der Waals surface area contributed by atoms with Crippen molar-refractivity contribution in [3.8, 4) is 20.9 Å². The topological polar surface area (TPSA) is 105 Å². The van der Waals surface area contributed by atoms with Gasteiger partial charge in [-0.1, -0.05) is 146 Å². The summed E-state index contributed by atoms with van der Waals surface area (Å²) in [7, 11) is 0. The first kappa shape index (κ1) is 44.7. The summed E-state index contributed by atoms with van der Waals surface area (Å²) < 4.78 is 26.8. The minimum absolute atomic E-state index is 0.165. The summed E-state index contributed by atoms with van der Waals surface area (Å²) in [5.74, 6) is -1.21. The van der Waals surface area contributed by atoms with Gasteiger partial charge >= 0.3 is 23.9 Å². The van der Waals surface area contributed by atoms with Gasteiger partial charge in [0, 0.05) is 19.2 Å². The summed E-state index contributed by atoms with van der Waals surface area (Å²) in [5.41, 5.74) is 8.92. The van der Waals surface area contributed by atoms with Crippen LogP contribution in [-0.4, -0.2) is 23.9 Å². The van der Waals surface area contributed by atoms with Gasteiger partial charge < -0.3 is 18.9 Å². The second-order valence-electron chi connectivity index (χ2n) is 17.4. The third-order valence-corrected chi connectivity index (χ3v) is 15.0. The fourth-order valence-corrected chi connectivity index (χ4v) is 11.7. The van der Waals surface area contributed by atoms with E-state index in [0.29, 0.717) is 25.7 Å². The monoisotopic (exact) mass is 936 g/mol. The number of esters is 4. The highest BCUT2D eigenvalue weighted by Gasteiger charge is 2.34. The molecule has 0 radical (unpaired) electrons. The lowest BCUT2D eigenvalue weighted by atomic mass is 9.85. The lowest BCUT2D eigenvalue weighted by Crippen LogP contribution is -2.23. The van der Waals surface area contributed by atoms with Gasteiger partial charge in [-0.15, -0.1) is 22.7 Å². The van der Waals surface area contributed by atoms with Crippen LogP contribution in [-0.2, 0) is 63.8 Å². The first-order valence-corrected chi connectivity index (χ1v) is 24.7. The average molecular weight is 937 g/mol. The van der Waals surface area contributed by atoms with Crippen molar-refractivity contribution in [1.29, 1.82) is 0 Å². The van der Waals surface area contributed by atoms with Crippen molar-refractivity contribution in [3.63, 3.8) is 0 Å². The summed E-state index contributed by atoms with van der Waals surface area (Å²) >= 11 is 3.37. The van der Waals surface area contributed by atoms with Crippen molar-refractivity contribution in [3.05, 3.63) is 214 Å². The van der Waals surface area contributed by atoms with Crippen molar-refractivity contribution in [2.45, 2.75) is 75.8 Å². The van der Waals surface area contributed by atoms with E-state index >= 15 is 0 Å². The Balaban J connectivity index is 0.911. The lowest BCUT2D eigenvalue weighted by molar-refractivity contribution is -0.155. The molecule has 4 atom stereocenters. The molecule has 10 heteroatoms. The highest BCUT2D eigenvalue weighted by molar-refractivity contribution is 7.31. The second-order valence-corrected chi connectivity index (χ2v) is 19.5. The first-order chi connectivity index (χ1) is 33.3. The number of hydrogen-bond donors (Lipinski definition) is 0. The summed E-state index contributed by atoms with van der Waals surface area (Å²) in [5, 5.41) is 0. The normalized spacial score (nSPS) is 17.4. The largest absolute Gasteiger partial charge is 0.457 e. The van der Waals surface area contributed by atoms with Gasteiger partial charge in [0.2, 0.25) is 0 Å². The Morgan fingerprint density at radius 1 is 0.353 bits per heavy atom. The third kappa shape index (κ3) is 10.5. The van der Waals surface area contributed by atoms with Crippen molar-refractivity contribution in [2.75, 3.05) is 0 Å². The standard InChI is InChI=1S/C58H48O8S2/c59-55(29-37-13-5-1-6-14-37)63-47-25-27-49(65-57(61)31-39-17-9-3-10-18-39)45-33-41(21-23-43(45)47)51-35-53-54(67-51)36-52(68-53)42-22-24-44-46(34-42)50(66-58(62)32-40-19-11-4-12-20-40)28-26-48(44)64-56(60)30-38-15-7-2-8-16-38/h1-24,33-36,47-50H,25-32H2. The number of fused-ring (bicyclic) bond motifs is 3. The zero-order chi connectivity index (χ0) is 46.4. The van der Waals surface area contributed by atoms with E-state index in [4.69, 9.17) is 18.9 Å². The van der Waals surface area contributed by atoms with Crippen LogP contribution in [0.2, 0.25) is 0 Å². The fraction of sp³-hybridized carbons (Fsp3) is 0.207. The van der Waals surface area contributed by atoms with E-state index in [1.165, 1.54) is 0 Å². The maximum absolute atomic E-state index is 13.3. The Bertz CT molecular complexity index is 2840. The first-order valence-electron chi connectivity index (χ1n) is 23.0. The second kappa shape index (κ2) is 20.4. The molecule has 0 amide bonds. The Morgan fingerprint density at radius 3 is 0.926 bits per heavy atom. The number of thiophene rings is 2. The molecule has 2 aliphatic rings. The van der Waals surface area contributed by atoms with Crippen LogP contribution in [0.25, 0.3) is 30.3 Å². The molecule has 4 unspecified atom stereocenters. The number of hydrogen-bond acceptors (Lipinski definition) is 10. The molecule has 68 heavy (non-hydrogen) atoms. The zero-order valence-corrected chi connectivity index (χ0v) is 38.8. The molecule has 2 aliphatic carbocycles. The number of carbonyl (C=O) groups excluding carboxylic acids is 4. The van der Waals surface area contributed by atoms with Crippen LogP contribution < -0.4 is 0 Å². The van der Waals surface area contributed by atoms with E-state index in [-0.39, 0.29) is 49.6 Å². The van der Waals surface area contributed by atoms with Crippen LogP contribution in [0, 0.1) is 0 Å². The predicted octanol–water partition coefficient (Wildman–Crippen LogP) is 13.2. The van der Waals surface area contributed by atoms with Gasteiger partial charge in [-0.2, -0.15) is 0 Å². The zero-order valence-electron chi connectivity index (χ0n) is 37.2. The van der Waals surface area contributed by atoms with Gasteiger partial charge in [0.05, 0.1) is 25.7 Å². The summed E-state index contributed by atoms with van der Waals surface area (Å²) in [6, 6.07) is 55.0. The average Bonchev–Trinajstić information content (AvgIpc) is 3.95. The quantitative estimate of drug-likeness (QED) is 0.0784. The Kier molecular flexibility index (Phi) is 13.4. The third-order valence-electron chi connectivity index (χ3n) is 12.6. The molecule has 0 spiro atoms. The van der Waals surface area contributed by atoms with Gasteiger partial charge in [0.1, 0.15) is 24.4 Å². The summed E-state index contributed by atoms with van der Waals surface area (Å²) in [6.45, 7) is 0. The van der Waals surface area contributed by atoms with Gasteiger partial charge in [-0.05, 0) is 106 Å². The van der Waals surface area contributed by atoms with E-state index in [2.05, 4.69) is 36.4 Å². The summed E-state index contributed by atoms with van der Waals surface area (Å²) in [6.07, 6.45) is 0.883. The molecule has 8 nitrogen and oxygen atoms in total. The van der Waals surface area contributed by atoms with E-state index in [1.807, 2.05) is 133 Å². The minimum Gasteiger partial charge on any atom is -0.457 e. The van der Waals surface area contributed by atoms with Crippen LogP contribution in [0.15, 0.2) is 170 Å². The number of rotatable bonds is 14. The SMILES string of the molecule is O=C(Cc1ccccc1)OC1CCC(OC(=O)Cc2ccccc2)c2cc(-c3cc4sc(-c5ccc6c(c5)C(OC(=O)Cc5ccccc5)CCC6OC(=O)Cc5ccccc5)cc4s3)ccc21. The molecule has 6 aromatic carbocycles. The van der Waals surface area contributed by atoms with Gasteiger partial charge in [-0.3, -0.25) is 19.2 Å².